The fourth-order valence-electron chi connectivity index (χ4n) is 1.95. The summed E-state index contributed by atoms with van der Waals surface area (Å²) in [6.07, 6.45) is 4.22. The van der Waals surface area contributed by atoms with Gasteiger partial charge in [0.2, 0.25) is 0 Å². The van der Waals surface area contributed by atoms with Crippen LogP contribution in [0.3, 0.4) is 0 Å². The van der Waals surface area contributed by atoms with Gasteiger partial charge in [0.05, 0.1) is 5.69 Å². The molecule has 0 radical (unpaired) electrons. The molecule has 0 saturated heterocycles. The highest BCUT2D eigenvalue weighted by Crippen LogP contribution is 2.45. The van der Waals surface area contributed by atoms with E-state index in [4.69, 9.17) is 0 Å². The van der Waals surface area contributed by atoms with E-state index in [9.17, 15) is 0 Å². The highest BCUT2D eigenvalue weighted by Gasteiger charge is 2.33. The summed E-state index contributed by atoms with van der Waals surface area (Å²) in [6, 6.07) is 2.16. The second kappa shape index (κ2) is 3.82. The van der Waals surface area contributed by atoms with Gasteiger partial charge in [0.25, 0.3) is 0 Å². The lowest BCUT2D eigenvalue weighted by atomic mass is 9.89. The molecule has 15 heavy (non-hydrogen) atoms. The maximum Gasteiger partial charge on any atom is 0.0553 e. The first kappa shape index (κ1) is 11.0. The smallest absolute Gasteiger partial charge is 0.0553 e. The summed E-state index contributed by atoms with van der Waals surface area (Å²) >= 11 is 2.03. The number of pyridine rings is 1. The molecule has 2 heteroatoms. The largest absolute Gasteiger partial charge is 0.260 e. The van der Waals surface area contributed by atoms with Crippen LogP contribution in [0.5, 0.6) is 0 Å². The summed E-state index contributed by atoms with van der Waals surface area (Å²) < 4.78 is 0. The molecule has 1 aliphatic heterocycles. The lowest BCUT2D eigenvalue weighted by Crippen LogP contribution is -2.22. The number of nitrogens with zero attached hydrogens (tertiary/aromatic N) is 1. The van der Waals surface area contributed by atoms with Crippen molar-refractivity contribution in [3.63, 3.8) is 0 Å². The molecule has 0 saturated carbocycles. The Labute approximate surface area is 96.7 Å². The molecule has 1 nitrogen and oxygen atoms in total. The van der Waals surface area contributed by atoms with E-state index in [0.717, 1.165) is 12.8 Å². The van der Waals surface area contributed by atoms with Crippen molar-refractivity contribution in [1.29, 1.82) is 0 Å². The average molecular weight is 221 g/mol. The summed E-state index contributed by atoms with van der Waals surface area (Å²) in [5, 5.41) is 0.688. The summed E-state index contributed by atoms with van der Waals surface area (Å²) in [7, 11) is 0. The Morgan fingerprint density at radius 2 is 2.20 bits per heavy atom. The Morgan fingerprint density at radius 3 is 2.80 bits per heavy atom. The second-order valence-corrected chi connectivity index (χ2v) is 6.49. The van der Waals surface area contributed by atoms with Crippen molar-refractivity contribution >= 4 is 11.8 Å². The Morgan fingerprint density at radius 1 is 1.47 bits per heavy atom. The molecule has 1 aliphatic rings. The SMILES string of the molecule is CCc1ccnc2c1SC(C(C)(C)C)C2. The minimum atomic E-state index is 0.371. The monoisotopic (exact) mass is 221 g/mol. The number of aryl methyl sites for hydroxylation is 1. The number of fused-ring (bicyclic) bond motifs is 1. The Balaban J connectivity index is 2.31. The molecule has 1 atom stereocenters. The first-order chi connectivity index (χ1) is 7.02. The molecule has 0 N–H and O–H groups in total. The zero-order valence-electron chi connectivity index (χ0n) is 10.0. The standard InChI is InChI=1S/C13H19NS/c1-5-9-6-7-14-10-8-11(13(2,3)4)15-12(9)10/h6-7,11H,5,8H2,1-4H3. The van der Waals surface area contributed by atoms with Gasteiger partial charge in [-0.25, -0.2) is 0 Å². The minimum Gasteiger partial charge on any atom is -0.260 e. The molecule has 0 aromatic carbocycles. The van der Waals surface area contributed by atoms with Gasteiger partial charge in [-0.05, 0) is 23.5 Å². The molecule has 0 fully saturated rings. The van der Waals surface area contributed by atoms with Crippen LogP contribution in [-0.2, 0) is 12.8 Å². The zero-order valence-corrected chi connectivity index (χ0v) is 10.8. The van der Waals surface area contributed by atoms with Gasteiger partial charge < -0.3 is 0 Å². The lowest BCUT2D eigenvalue weighted by molar-refractivity contribution is 0.394. The van der Waals surface area contributed by atoms with E-state index in [1.54, 1.807) is 0 Å². The summed E-state index contributed by atoms with van der Waals surface area (Å²) in [4.78, 5) is 5.97. The van der Waals surface area contributed by atoms with Gasteiger partial charge >= 0.3 is 0 Å². The molecule has 2 heterocycles. The topological polar surface area (TPSA) is 12.9 Å². The van der Waals surface area contributed by atoms with E-state index < -0.39 is 0 Å². The normalized spacial score (nSPS) is 20.4. The second-order valence-electron chi connectivity index (χ2n) is 5.28. The molecule has 2 rings (SSSR count). The van der Waals surface area contributed by atoms with E-state index in [0.29, 0.717) is 10.7 Å². The third-order valence-corrected chi connectivity index (χ3v) is 4.94. The van der Waals surface area contributed by atoms with Crippen molar-refractivity contribution in [2.24, 2.45) is 5.41 Å². The molecule has 1 aromatic heterocycles. The van der Waals surface area contributed by atoms with Gasteiger partial charge in [0, 0.05) is 22.8 Å². The zero-order chi connectivity index (χ0) is 11.1. The quantitative estimate of drug-likeness (QED) is 0.717. The number of hydrogen-bond donors (Lipinski definition) is 0. The number of aromatic nitrogens is 1. The minimum absolute atomic E-state index is 0.371. The molecule has 0 bridgehead atoms. The van der Waals surface area contributed by atoms with E-state index in [1.165, 1.54) is 16.2 Å². The Kier molecular flexibility index (Phi) is 2.80. The van der Waals surface area contributed by atoms with Crippen LogP contribution in [0.15, 0.2) is 17.2 Å². The van der Waals surface area contributed by atoms with Crippen molar-refractivity contribution in [2.75, 3.05) is 0 Å². The number of hydrogen-bond acceptors (Lipinski definition) is 2. The van der Waals surface area contributed by atoms with Crippen molar-refractivity contribution in [3.8, 4) is 0 Å². The molecule has 1 aromatic rings. The van der Waals surface area contributed by atoms with Crippen molar-refractivity contribution < 1.29 is 0 Å². The van der Waals surface area contributed by atoms with Crippen LogP contribution < -0.4 is 0 Å². The van der Waals surface area contributed by atoms with E-state index in [1.807, 2.05) is 18.0 Å². The third kappa shape index (κ3) is 2.05. The first-order valence-corrected chi connectivity index (χ1v) is 6.53. The predicted molar refractivity (Wildman–Crippen MR) is 66.4 cm³/mol. The summed E-state index contributed by atoms with van der Waals surface area (Å²) in [5.74, 6) is 0. The van der Waals surface area contributed by atoms with Gasteiger partial charge in [-0.15, -0.1) is 11.8 Å². The van der Waals surface area contributed by atoms with E-state index >= 15 is 0 Å². The highest BCUT2D eigenvalue weighted by atomic mass is 32.2. The summed E-state index contributed by atoms with van der Waals surface area (Å²) in [5.41, 5.74) is 3.16. The molecular formula is C13H19NS. The van der Waals surface area contributed by atoms with Crippen LogP contribution in [0.1, 0.15) is 39.0 Å². The van der Waals surface area contributed by atoms with Gasteiger partial charge in [-0.1, -0.05) is 27.7 Å². The third-order valence-electron chi connectivity index (χ3n) is 3.05. The number of thioether (sulfide) groups is 1. The Bertz CT molecular complexity index is 365. The van der Waals surface area contributed by atoms with Gasteiger partial charge in [-0.3, -0.25) is 4.98 Å². The van der Waals surface area contributed by atoms with Gasteiger partial charge in [-0.2, -0.15) is 0 Å². The van der Waals surface area contributed by atoms with Crippen LogP contribution >= 0.6 is 11.8 Å². The van der Waals surface area contributed by atoms with E-state index in [2.05, 4.69) is 38.7 Å². The Hall–Kier alpha value is -0.500. The van der Waals surface area contributed by atoms with E-state index in [-0.39, 0.29) is 0 Å². The molecular weight excluding hydrogens is 202 g/mol. The van der Waals surface area contributed by atoms with Crippen LogP contribution in [0, 0.1) is 5.41 Å². The molecule has 0 amide bonds. The maximum absolute atomic E-state index is 4.51. The van der Waals surface area contributed by atoms with Crippen LogP contribution in [0.4, 0.5) is 0 Å². The summed E-state index contributed by atoms with van der Waals surface area (Å²) in [6.45, 7) is 9.19. The van der Waals surface area contributed by atoms with Crippen molar-refractivity contribution in [3.05, 3.63) is 23.5 Å². The van der Waals surface area contributed by atoms with Crippen LogP contribution in [-0.4, -0.2) is 10.2 Å². The van der Waals surface area contributed by atoms with Crippen molar-refractivity contribution in [1.82, 2.24) is 4.98 Å². The first-order valence-electron chi connectivity index (χ1n) is 5.65. The maximum atomic E-state index is 4.51. The lowest BCUT2D eigenvalue weighted by Gasteiger charge is -2.25. The molecule has 0 spiro atoms. The fourth-order valence-corrected chi connectivity index (χ4v) is 3.46. The van der Waals surface area contributed by atoms with Crippen LogP contribution in [0.25, 0.3) is 0 Å². The van der Waals surface area contributed by atoms with Crippen LogP contribution in [0.2, 0.25) is 0 Å². The fraction of sp³-hybridized carbons (Fsp3) is 0.615. The van der Waals surface area contributed by atoms with Gasteiger partial charge in [0.1, 0.15) is 0 Å². The number of rotatable bonds is 1. The van der Waals surface area contributed by atoms with Gasteiger partial charge in [0.15, 0.2) is 0 Å². The molecule has 1 unspecified atom stereocenters. The van der Waals surface area contributed by atoms with Crippen molar-refractivity contribution in [2.45, 2.75) is 50.7 Å². The predicted octanol–water partition coefficient (Wildman–Crippen LogP) is 3.71. The molecule has 82 valence electrons. The highest BCUT2D eigenvalue weighted by molar-refractivity contribution is 8.00. The molecule has 0 aliphatic carbocycles. The average Bonchev–Trinajstić information content (AvgIpc) is 2.59.